The Balaban J connectivity index is 2.01. The predicted octanol–water partition coefficient (Wildman–Crippen LogP) is 2.07. The van der Waals surface area contributed by atoms with Crippen molar-refractivity contribution in [3.05, 3.63) is 35.3 Å². The molecule has 0 spiro atoms. The number of imidazole rings is 1. The molecule has 1 saturated heterocycles. The molecule has 0 aromatic carbocycles. The lowest BCUT2D eigenvalue weighted by Crippen LogP contribution is -2.43. The highest BCUT2D eigenvalue weighted by atomic mass is 19.4. The fourth-order valence-corrected chi connectivity index (χ4v) is 2.72. The highest BCUT2D eigenvalue weighted by Gasteiger charge is 2.34. The Morgan fingerprint density at radius 3 is 2.67 bits per heavy atom. The van der Waals surface area contributed by atoms with Gasteiger partial charge in [-0.2, -0.15) is 13.2 Å². The van der Waals surface area contributed by atoms with Gasteiger partial charge in [-0.05, 0) is 19.1 Å². The van der Waals surface area contributed by atoms with Gasteiger partial charge >= 0.3 is 6.18 Å². The number of nitrogens with zero attached hydrogens (tertiary/aromatic N) is 3. The quantitative estimate of drug-likeness (QED) is 0.921. The second-order valence-corrected chi connectivity index (χ2v) is 5.28. The molecule has 0 amide bonds. The summed E-state index contributed by atoms with van der Waals surface area (Å²) in [6.07, 6.45) is -2.73. The zero-order valence-electron chi connectivity index (χ0n) is 11.7. The van der Waals surface area contributed by atoms with Crippen LogP contribution in [0, 0.1) is 6.92 Å². The van der Waals surface area contributed by atoms with Crippen molar-refractivity contribution in [3.63, 3.8) is 0 Å². The van der Waals surface area contributed by atoms with E-state index in [1.807, 2.05) is 0 Å². The van der Waals surface area contributed by atoms with E-state index in [1.165, 1.54) is 6.07 Å². The number of hydrogen-bond donors (Lipinski definition) is 1. The number of rotatable bonds is 2. The monoisotopic (exact) mass is 298 g/mol. The number of fused-ring (bicyclic) bond motifs is 1. The first-order valence-electron chi connectivity index (χ1n) is 6.93. The van der Waals surface area contributed by atoms with Gasteiger partial charge in [0.15, 0.2) is 0 Å². The van der Waals surface area contributed by atoms with E-state index in [1.54, 1.807) is 17.5 Å². The van der Waals surface area contributed by atoms with Crippen molar-refractivity contribution in [1.29, 1.82) is 0 Å². The van der Waals surface area contributed by atoms with Crippen LogP contribution in [-0.4, -0.2) is 40.5 Å². The van der Waals surface area contributed by atoms with Crippen molar-refractivity contribution in [3.8, 4) is 0 Å². The Bertz CT molecular complexity index is 641. The van der Waals surface area contributed by atoms with Crippen LogP contribution in [-0.2, 0) is 12.7 Å². The van der Waals surface area contributed by atoms with Crippen LogP contribution in [0.1, 0.15) is 17.0 Å². The molecule has 21 heavy (non-hydrogen) atoms. The van der Waals surface area contributed by atoms with E-state index in [0.717, 1.165) is 37.9 Å². The fraction of sp³-hybridized carbons (Fsp3) is 0.500. The number of aromatic nitrogens is 2. The standard InChI is InChI=1S/C14H17F3N4/c1-10-12(9-20-7-4-18-5-8-20)21-6-2-3-11(13(21)19-10)14(15,16)17/h2-3,6,18H,4-5,7-9H2,1H3. The summed E-state index contributed by atoms with van der Waals surface area (Å²) in [5.74, 6) is 0. The van der Waals surface area contributed by atoms with E-state index in [2.05, 4.69) is 15.2 Å². The Morgan fingerprint density at radius 2 is 2.00 bits per heavy atom. The highest BCUT2D eigenvalue weighted by molar-refractivity contribution is 5.52. The minimum atomic E-state index is -4.38. The van der Waals surface area contributed by atoms with E-state index < -0.39 is 11.7 Å². The van der Waals surface area contributed by atoms with Crippen LogP contribution >= 0.6 is 0 Å². The molecule has 4 nitrogen and oxygen atoms in total. The van der Waals surface area contributed by atoms with Crippen LogP contribution in [0.25, 0.3) is 5.65 Å². The van der Waals surface area contributed by atoms with Gasteiger partial charge in [-0.3, -0.25) is 4.90 Å². The number of piperazine rings is 1. The Hall–Kier alpha value is -1.60. The second kappa shape index (κ2) is 5.31. The molecule has 0 atom stereocenters. The Morgan fingerprint density at radius 1 is 1.29 bits per heavy atom. The van der Waals surface area contributed by atoms with E-state index in [-0.39, 0.29) is 5.65 Å². The largest absolute Gasteiger partial charge is 0.419 e. The lowest BCUT2D eigenvalue weighted by molar-refractivity contribution is -0.136. The molecule has 0 radical (unpaired) electrons. The van der Waals surface area contributed by atoms with Gasteiger partial charge < -0.3 is 9.72 Å². The third-order valence-electron chi connectivity index (χ3n) is 3.84. The molecule has 2 aromatic rings. The maximum Gasteiger partial charge on any atom is 0.419 e. The summed E-state index contributed by atoms with van der Waals surface area (Å²) >= 11 is 0. The van der Waals surface area contributed by atoms with Gasteiger partial charge in [0, 0.05) is 38.9 Å². The van der Waals surface area contributed by atoms with Crippen molar-refractivity contribution in [2.45, 2.75) is 19.6 Å². The average molecular weight is 298 g/mol. The molecule has 0 saturated carbocycles. The molecule has 1 fully saturated rings. The van der Waals surface area contributed by atoms with Crippen molar-refractivity contribution in [2.24, 2.45) is 0 Å². The first-order chi connectivity index (χ1) is 9.97. The lowest BCUT2D eigenvalue weighted by atomic mass is 10.2. The van der Waals surface area contributed by atoms with Gasteiger partial charge in [0.25, 0.3) is 0 Å². The Kier molecular flexibility index (Phi) is 3.62. The molecule has 7 heteroatoms. The van der Waals surface area contributed by atoms with Gasteiger partial charge in [0.2, 0.25) is 0 Å². The third-order valence-corrected chi connectivity index (χ3v) is 3.84. The van der Waals surface area contributed by atoms with Crippen molar-refractivity contribution in [1.82, 2.24) is 19.6 Å². The zero-order chi connectivity index (χ0) is 15.0. The van der Waals surface area contributed by atoms with E-state index >= 15 is 0 Å². The highest BCUT2D eigenvalue weighted by Crippen LogP contribution is 2.32. The maximum atomic E-state index is 13.0. The van der Waals surface area contributed by atoms with Crippen molar-refractivity contribution >= 4 is 5.65 Å². The topological polar surface area (TPSA) is 32.6 Å². The molecule has 0 bridgehead atoms. The normalized spacial score (nSPS) is 17.5. The molecule has 114 valence electrons. The molecular weight excluding hydrogens is 281 g/mol. The number of hydrogen-bond acceptors (Lipinski definition) is 3. The SMILES string of the molecule is Cc1nc2c(C(F)(F)F)cccn2c1CN1CCNCC1. The molecule has 1 aliphatic heterocycles. The summed E-state index contributed by atoms with van der Waals surface area (Å²) in [6, 6.07) is 2.51. The van der Waals surface area contributed by atoms with Gasteiger partial charge in [-0.1, -0.05) is 0 Å². The molecule has 2 aromatic heterocycles. The molecular formula is C14H17F3N4. The average Bonchev–Trinajstić information content (AvgIpc) is 2.75. The third kappa shape index (κ3) is 2.75. The number of nitrogens with one attached hydrogen (secondary N) is 1. The first kappa shape index (κ1) is 14.3. The van der Waals surface area contributed by atoms with Crippen molar-refractivity contribution < 1.29 is 13.2 Å². The predicted molar refractivity (Wildman–Crippen MR) is 73.1 cm³/mol. The van der Waals surface area contributed by atoms with Crippen LogP contribution in [0.3, 0.4) is 0 Å². The Labute approximate surface area is 120 Å². The van der Waals surface area contributed by atoms with Gasteiger partial charge in [-0.25, -0.2) is 4.98 Å². The number of pyridine rings is 1. The van der Waals surface area contributed by atoms with E-state index in [9.17, 15) is 13.2 Å². The zero-order valence-corrected chi connectivity index (χ0v) is 11.7. The van der Waals surface area contributed by atoms with Crippen LogP contribution in [0.15, 0.2) is 18.3 Å². The number of aryl methyl sites for hydroxylation is 1. The summed E-state index contributed by atoms with van der Waals surface area (Å²) in [4.78, 5) is 6.38. The summed E-state index contributed by atoms with van der Waals surface area (Å²) in [7, 11) is 0. The summed E-state index contributed by atoms with van der Waals surface area (Å²) < 4.78 is 40.7. The molecule has 3 rings (SSSR count). The van der Waals surface area contributed by atoms with Gasteiger partial charge in [-0.15, -0.1) is 0 Å². The van der Waals surface area contributed by atoms with Crippen LogP contribution < -0.4 is 5.32 Å². The first-order valence-corrected chi connectivity index (χ1v) is 6.93. The molecule has 3 heterocycles. The minimum Gasteiger partial charge on any atom is -0.314 e. The summed E-state index contributed by atoms with van der Waals surface area (Å²) in [5.41, 5.74) is 0.801. The second-order valence-electron chi connectivity index (χ2n) is 5.28. The lowest BCUT2D eigenvalue weighted by Gasteiger charge is -2.27. The molecule has 1 N–H and O–H groups in total. The number of halogens is 3. The molecule has 0 unspecified atom stereocenters. The summed E-state index contributed by atoms with van der Waals surface area (Å²) in [6.45, 7) is 5.99. The smallest absolute Gasteiger partial charge is 0.314 e. The summed E-state index contributed by atoms with van der Waals surface area (Å²) in [5, 5.41) is 3.26. The molecule has 0 aliphatic carbocycles. The van der Waals surface area contributed by atoms with E-state index in [4.69, 9.17) is 0 Å². The van der Waals surface area contributed by atoms with Crippen LogP contribution in [0.5, 0.6) is 0 Å². The van der Waals surface area contributed by atoms with Crippen LogP contribution in [0.4, 0.5) is 13.2 Å². The minimum absolute atomic E-state index is 0.00682. The molecule has 1 aliphatic rings. The van der Waals surface area contributed by atoms with E-state index in [0.29, 0.717) is 12.2 Å². The van der Waals surface area contributed by atoms with Gasteiger partial charge in [0.05, 0.1) is 17.0 Å². The number of alkyl halides is 3. The van der Waals surface area contributed by atoms with Crippen molar-refractivity contribution in [2.75, 3.05) is 26.2 Å². The van der Waals surface area contributed by atoms with Crippen LogP contribution in [0.2, 0.25) is 0 Å². The fourth-order valence-electron chi connectivity index (χ4n) is 2.72. The maximum absolute atomic E-state index is 13.0. The van der Waals surface area contributed by atoms with Gasteiger partial charge in [0.1, 0.15) is 5.65 Å².